The number of nitrogens with zero attached hydrogens (tertiary/aromatic N) is 1. The Morgan fingerprint density at radius 1 is 1.32 bits per heavy atom. The minimum atomic E-state index is -0.0382. The molecule has 1 saturated heterocycles. The van der Waals surface area contributed by atoms with Crippen LogP contribution in [0, 0.1) is 5.92 Å². The summed E-state index contributed by atoms with van der Waals surface area (Å²) in [6.07, 6.45) is 2.65. The van der Waals surface area contributed by atoms with E-state index in [0.29, 0.717) is 0 Å². The Bertz CT molecular complexity index is 450. The first-order valence-corrected chi connectivity index (χ1v) is 7.40. The van der Waals surface area contributed by atoms with Crippen molar-refractivity contribution in [3.8, 4) is 0 Å². The van der Waals surface area contributed by atoms with E-state index in [9.17, 15) is 9.59 Å². The molecule has 1 atom stereocenters. The highest BCUT2D eigenvalue weighted by molar-refractivity contribution is 9.10. The van der Waals surface area contributed by atoms with Crippen molar-refractivity contribution in [3.05, 3.63) is 34.3 Å². The Morgan fingerprint density at radius 3 is 2.42 bits per heavy atom. The van der Waals surface area contributed by atoms with Crippen LogP contribution in [0.2, 0.25) is 0 Å². The highest BCUT2D eigenvalue weighted by Gasteiger charge is 2.27. The maximum absolute atomic E-state index is 12.4. The Hall–Kier alpha value is -1.000. The van der Waals surface area contributed by atoms with Crippen LogP contribution in [-0.2, 0) is 4.79 Å². The Balaban J connectivity index is 1.96. The molecule has 1 aliphatic heterocycles. The van der Waals surface area contributed by atoms with Crippen LogP contribution in [0.5, 0.6) is 0 Å². The van der Waals surface area contributed by atoms with Gasteiger partial charge in [-0.3, -0.25) is 9.69 Å². The predicted molar refractivity (Wildman–Crippen MR) is 78.3 cm³/mol. The normalized spacial score (nSPS) is 19.1. The summed E-state index contributed by atoms with van der Waals surface area (Å²) in [5.74, 6) is 0.321. The number of piperidine rings is 1. The average Bonchev–Trinajstić information content (AvgIpc) is 2.46. The third-order valence-electron chi connectivity index (χ3n) is 3.80. The number of hydrogen-bond acceptors (Lipinski definition) is 3. The number of ketones is 1. The highest BCUT2D eigenvalue weighted by atomic mass is 79.9. The number of carbonyl (C=O) groups excluding carboxylic acids is 2. The molecule has 0 bridgehead atoms. The first kappa shape index (κ1) is 14.4. The molecular weight excluding hydrogens is 306 g/mol. The lowest BCUT2D eigenvalue weighted by atomic mass is 9.88. The summed E-state index contributed by atoms with van der Waals surface area (Å²) < 4.78 is 0.985. The van der Waals surface area contributed by atoms with Crippen LogP contribution >= 0.6 is 15.9 Å². The monoisotopic (exact) mass is 323 g/mol. The average molecular weight is 324 g/mol. The van der Waals surface area contributed by atoms with Gasteiger partial charge in [0.25, 0.3) is 0 Å². The Morgan fingerprint density at radius 2 is 1.89 bits per heavy atom. The minimum absolute atomic E-state index is 0.0382. The van der Waals surface area contributed by atoms with Gasteiger partial charge in [0.1, 0.15) is 6.29 Å². The van der Waals surface area contributed by atoms with Crippen molar-refractivity contribution in [2.75, 3.05) is 13.1 Å². The smallest absolute Gasteiger partial charge is 0.166 e. The molecule has 1 heterocycles. The Labute approximate surface area is 122 Å². The summed E-state index contributed by atoms with van der Waals surface area (Å²) in [6.45, 7) is 3.56. The number of likely N-dealkylation sites (tertiary alicyclic amines) is 1. The molecule has 3 nitrogen and oxygen atoms in total. The van der Waals surface area contributed by atoms with Gasteiger partial charge in [0.2, 0.25) is 0 Å². The zero-order valence-corrected chi connectivity index (χ0v) is 12.6. The molecule has 1 fully saturated rings. The maximum atomic E-state index is 12.4. The van der Waals surface area contributed by atoms with Crippen LogP contribution in [-0.4, -0.2) is 36.1 Å². The van der Waals surface area contributed by atoms with Gasteiger partial charge in [-0.1, -0.05) is 28.1 Å². The van der Waals surface area contributed by atoms with Gasteiger partial charge in [0, 0.05) is 16.0 Å². The summed E-state index contributed by atoms with van der Waals surface area (Å²) >= 11 is 3.37. The van der Waals surface area contributed by atoms with Crippen molar-refractivity contribution in [2.45, 2.75) is 25.8 Å². The lowest BCUT2D eigenvalue weighted by Crippen LogP contribution is -2.42. The molecule has 0 radical (unpaired) electrons. The standard InChI is InChI=1S/C15H18BrNO2/c1-11(10-18)17-8-6-13(7-9-17)15(19)12-2-4-14(16)5-3-12/h2-5,10-11,13H,6-9H2,1H3. The third-order valence-corrected chi connectivity index (χ3v) is 4.33. The van der Waals surface area contributed by atoms with Crippen LogP contribution in [0.15, 0.2) is 28.7 Å². The van der Waals surface area contributed by atoms with Crippen molar-refractivity contribution >= 4 is 28.0 Å². The molecular formula is C15H18BrNO2. The fraction of sp³-hybridized carbons (Fsp3) is 0.467. The SMILES string of the molecule is CC(C=O)N1CCC(C(=O)c2ccc(Br)cc2)CC1. The van der Waals surface area contributed by atoms with E-state index in [2.05, 4.69) is 20.8 Å². The molecule has 0 saturated carbocycles. The van der Waals surface area contributed by atoms with Crippen molar-refractivity contribution in [1.29, 1.82) is 0 Å². The summed E-state index contributed by atoms with van der Waals surface area (Å²) in [5.41, 5.74) is 0.782. The van der Waals surface area contributed by atoms with Gasteiger partial charge in [0.05, 0.1) is 6.04 Å². The van der Waals surface area contributed by atoms with Crippen LogP contribution in [0.25, 0.3) is 0 Å². The topological polar surface area (TPSA) is 37.4 Å². The van der Waals surface area contributed by atoms with Crippen LogP contribution in [0.3, 0.4) is 0 Å². The van der Waals surface area contributed by atoms with Gasteiger partial charge < -0.3 is 4.79 Å². The number of benzene rings is 1. The largest absolute Gasteiger partial charge is 0.302 e. The maximum Gasteiger partial charge on any atom is 0.166 e. The summed E-state index contributed by atoms with van der Waals surface area (Å²) in [7, 11) is 0. The van der Waals surface area contributed by atoms with E-state index in [1.54, 1.807) is 0 Å². The van der Waals surface area contributed by atoms with E-state index in [-0.39, 0.29) is 17.7 Å². The Kier molecular flexibility index (Phi) is 4.88. The number of carbonyl (C=O) groups is 2. The van der Waals surface area contributed by atoms with Gasteiger partial charge in [0.15, 0.2) is 5.78 Å². The van der Waals surface area contributed by atoms with E-state index in [1.807, 2.05) is 31.2 Å². The summed E-state index contributed by atoms with van der Waals surface area (Å²) in [4.78, 5) is 25.3. The van der Waals surface area contributed by atoms with E-state index >= 15 is 0 Å². The van der Waals surface area contributed by atoms with Gasteiger partial charge >= 0.3 is 0 Å². The minimum Gasteiger partial charge on any atom is -0.302 e. The van der Waals surface area contributed by atoms with E-state index in [1.165, 1.54) is 0 Å². The first-order chi connectivity index (χ1) is 9.11. The molecule has 1 aromatic carbocycles. The van der Waals surface area contributed by atoms with Gasteiger partial charge in [-0.2, -0.15) is 0 Å². The molecule has 0 aromatic heterocycles. The van der Waals surface area contributed by atoms with Gasteiger partial charge in [-0.15, -0.1) is 0 Å². The van der Waals surface area contributed by atoms with Crippen LogP contribution in [0.1, 0.15) is 30.1 Å². The molecule has 0 aliphatic carbocycles. The fourth-order valence-corrected chi connectivity index (χ4v) is 2.77. The van der Waals surface area contributed by atoms with Crippen molar-refractivity contribution in [3.63, 3.8) is 0 Å². The van der Waals surface area contributed by atoms with Gasteiger partial charge in [-0.25, -0.2) is 0 Å². The van der Waals surface area contributed by atoms with Crippen molar-refractivity contribution in [1.82, 2.24) is 4.90 Å². The molecule has 1 unspecified atom stereocenters. The molecule has 0 N–H and O–H groups in total. The lowest BCUT2D eigenvalue weighted by molar-refractivity contribution is -0.112. The van der Waals surface area contributed by atoms with Crippen molar-refractivity contribution in [2.24, 2.45) is 5.92 Å². The second-order valence-corrected chi connectivity index (χ2v) is 5.97. The van der Waals surface area contributed by atoms with Crippen LogP contribution in [0.4, 0.5) is 0 Å². The van der Waals surface area contributed by atoms with E-state index in [0.717, 1.165) is 42.3 Å². The lowest BCUT2D eigenvalue weighted by Gasteiger charge is -2.33. The van der Waals surface area contributed by atoms with Crippen molar-refractivity contribution < 1.29 is 9.59 Å². The third kappa shape index (κ3) is 3.51. The molecule has 1 aliphatic rings. The van der Waals surface area contributed by atoms with E-state index < -0.39 is 0 Å². The second-order valence-electron chi connectivity index (χ2n) is 5.06. The number of hydrogen-bond donors (Lipinski definition) is 0. The van der Waals surface area contributed by atoms with E-state index in [4.69, 9.17) is 0 Å². The second kappa shape index (κ2) is 6.44. The predicted octanol–water partition coefficient (Wildman–Crippen LogP) is 2.93. The molecule has 102 valence electrons. The molecule has 4 heteroatoms. The van der Waals surface area contributed by atoms with Crippen LogP contribution < -0.4 is 0 Å². The number of halogens is 1. The molecule has 0 spiro atoms. The fourth-order valence-electron chi connectivity index (χ4n) is 2.50. The number of rotatable bonds is 4. The summed E-state index contributed by atoms with van der Waals surface area (Å²) in [6, 6.07) is 7.50. The zero-order valence-electron chi connectivity index (χ0n) is 11.0. The molecule has 1 aromatic rings. The summed E-state index contributed by atoms with van der Waals surface area (Å²) in [5, 5.41) is 0. The highest BCUT2D eigenvalue weighted by Crippen LogP contribution is 2.23. The molecule has 0 amide bonds. The molecule has 19 heavy (non-hydrogen) atoms. The quantitative estimate of drug-likeness (QED) is 0.631. The number of Topliss-reactive ketones (excluding diaryl/α,β-unsaturated/α-hetero) is 1. The first-order valence-electron chi connectivity index (χ1n) is 6.61. The molecule has 2 rings (SSSR count). The number of aldehydes is 1. The van der Waals surface area contributed by atoms with Gasteiger partial charge in [-0.05, 0) is 45.0 Å². The zero-order chi connectivity index (χ0) is 13.8.